The van der Waals surface area contributed by atoms with Crippen LogP contribution in [0.1, 0.15) is 18.5 Å². The lowest BCUT2D eigenvalue weighted by atomic mass is 9.91. The van der Waals surface area contributed by atoms with Gasteiger partial charge in [-0.15, -0.1) is 0 Å². The van der Waals surface area contributed by atoms with Crippen molar-refractivity contribution in [1.29, 1.82) is 0 Å². The zero-order valence-electron chi connectivity index (χ0n) is 13.9. The SMILES string of the molecule is CCOC(=O)[C@@H]1C(=O)NC(N2CCOCC2)=N[C@H]1c1ccc(Cl)cc1. The van der Waals surface area contributed by atoms with E-state index in [4.69, 9.17) is 21.1 Å². The van der Waals surface area contributed by atoms with Crippen molar-refractivity contribution < 1.29 is 19.1 Å². The number of esters is 1. The molecule has 7 nitrogen and oxygen atoms in total. The van der Waals surface area contributed by atoms with Crippen LogP contribution in [0.25, 0.3) is 0 Å². The van der Waals surface area contributed by atoms with Gasteiger partial charge in [-0.2, -0.15) is 0 Å². The summed E-state index contributed by atoms with van der Waals surface area (Å²) in [5.74, 6) is -1.54. The first-order valence-corrected chi connectivity index (χ1v) is 8.61. The van der Waals surface area contributed by atoms with Gasteiger partial charge in [0.25, 0.3) is 0 Å². The molecule has 0 spiro atoms. The Balaban J connectivity index is 1.95. The second-order valence-corrected chi connectivity index (χ2v) is 6.20. The smallest absolute Gasteiger partial charge is 0.321 e. The minimum atomic E-state index is -1.02. The predicted molar refractivity (Wildman–Crippen MR) is 92.3 cm³/mol. The number of hydrogen-bond acceptors (Lipinski definition) is 6. The van der Waals surface area contributed by atoms with Gasteiger partial charge in [-0.25, -0.2) is 4.99 Å². The molecule has 1 aromatic rings. The summed E-state index contributed by atoms with van der Waals surface area (Å²) in [6, 6.07) is 6.34. The van der Waals surface area contributed by atoms with E-state index in [2.05, 4.69) is 10.3 Å². The molecule has 1 aromatic carbocycles. The van der Waals surface area contributed by atoms with Gasteiger partial charge < -0.3 is 14.4 Å². The van der Waals surface area contributed by atoms with Gasteiger partial charge in [0, 0.05) is 18.1 Å². The Morgan fingerprint density at radius 3 is 2.68 bits per heavy atom. The summed E-state index contributed by atoms with van der Waals surface area (Å²) >= 11 is 5.95. The minimum absolute atomic E-state index is 0.204. The van der Waals surface area contributed by atoms with Gasteiger partial charge in [0.2, 0.25) is 11.9 Å². The van der Waals surface area contributed by atoms with Gasteiger partial charge in [-0.3, -0.25) is 14.9 Å². The third kappa shape index (κ3) is 3.93. The summed E-state index contributed by atoms with van der Waals surface area (Å²) in [5.41, 5.74) is 0.739. The molecular formula is C17H20ClN3O4. The summed E-state index contributed by atoms with van der Waals surface area (Å²) in [6.07, 6.45) is 0. The van der Waals surface area contributed by atoms with Crippen molar-refractivity contribution in [3.63, 3.8) is 0 Å². The Labute approximate surface area is 150 Å². The number of carbonyl (C=O) groups excluding carboxylic acids is 2. The van der Waals surface area contributed by atoms with E-state index in [0.29, 0.717) is 37.3 Å². The quantitative estimate of drug-likeness (QED) is 0.646. The normalized spacial score (nSPS) is 23.7. The van der Waals surface area contributed by atoms with Crippen LogP contribution in [0.2, 0.25) is 5.02 Å². The molecule has 0 unspecified atom stereocenters. The molecule has 2 atom stereocenters. The highest BCUT2D eigenvalue weighted by Gasteiger charge is 2.42. The van der Waals surface area contributed by atoms with Gasteiger partial charge >= 0.3 is 5.97 Å². The summed E-state index contributed by atoms with van der Waals surface area (Å²) in [4.78, 5) is 31.6. The molecule has 0 aromatic heterocycles. The Morgan fingerprint density at radius 2 is 2.04 bits per heavy atom. The van der Waals surface area contributed by atoms with Crippen LogP contribution in [0.5, 0.6) is 0 Å². The molecular weight excluding hydrogens is 346 g/mol. The number of aliphatic imine (C=N–C) groups is 1. The van der Waals surface area contributed by atoms with Crippen molar-refractivity contribution in [3.05, 3.63) is 34.9 Å². The van der Waals surface area contributed by atoms with Crippen LogP contribution in [-0.2, 0) is 19.1 Å². The van der Waals surface area contributed by atoms with Crippen LogP contribution in [0.15, 0.2) is 29.3 Å². The molecule has 134 valence electrons. The highest BCUT2D eigenvalue weighted by Crippen LogP contribution is 2.31. The second-order valence-electron chi connectivity index (χ2n) is 5.77. The zero-order valence-corrected chi connectivity index (χ0v) is 14.7. The lowest BCUT2D eigenvalue weighted by molar-refractivity contribution is -0.153. The molecule has 8 heteroatoms. The minimum Gasteiger partial charge on any atom is -0.465 e. The van der Waals surface area contributed by atoms with E-state index in [1.165, 1.54) is 0 Å². The fourth-order valence-electron chi connectivity index (χ4n) is 2.90. The molecule has 3 rings (SSSR count). The summed E-state index contributed by atoms with van der Waals surface area (Å²) in [6.45, 7) is 4.32. The summed E-state index contributed by atoms with van der Waals surface area (Å²) in [7, 11) is 0. The topological polar surface area (TPSA) is 80.2 Å². The van der Waals surface area contributed by atoms with Crippen LogP contribution < -0.4 is 5.32 Å². The fourth-order valence-corrected chi connectivity index (χ4v) is 3.03. The number of nitrogens with zero attached hydrogens (tertiary/aromatic N) is 2. The maximum absolute atomic E-state index is 12.6. The van der Waals surface area contributed by atoms with Gasteiger partial charge in [-0.1, -0.05) is 23.7 Å². The summed E-state index contributed by atoms with van der Waals surface area (Å²) < 4.78 is 10.4. The Bertz CT molecular complexity index is 671. The monoisotopic (exact) mass is 365 g/mol. The van der Waals surface area contributed by atoms with Crippen LogP contribution in [0.3, 0.4) is 0 Å². The highest BCUT2D eigenvalue weighted by atomic mass is 35.5. The highest BCUT2D eigenvalue weighted by molar-refractivity contribution is 6.30. The van der Waals surface area contributed by atoms with Crippen molar-refractivity contribution in [2.45, 2.75) is 13.0 Å². The molecule has 0 saturated carbocycles. The summed E-state index contributed by atoms with van der Waals surface area (Å²) in [5, 5.41) is 3.32. The van der Waals surface area contributed by atoms with E-state index in [9.17, 15) is 9.59 Å². The third-order valence-corrected chi connectivity index (χ3v) is 4.41. The van der Waals surface area contributed by atoms with Crippen molar-refractivity contribution in [1.82, 2.24) is 10.2 Å². The number of carbonyl (C=O) groups is 2. The molecule has 0 bridgehead atoms. The Hall–Kier alpha value is -2.12. The second kappa shape index (κ2) is 7.84. The van der Waals surface area contributed by atoms with Gasteiger partial charge in [0.1, 0.15) is 6.04 Å². The first-order chi connectivity index (χ1) is 12.1. The molecule has 1 saturated heterocycles. The molecule has 25 heavy (non-hydrogen) atoms. The number of nitrogens with one attached hydrogen (secondary N) is 1. The number of ether oxygens (including phenoxy) is 2. The Morgan fingerprint density at radius 1 is 1.36 bits per heavy atom. The molecule has 0 radical (unpaired) electrons. The molecule has 2 heterocycles. The van der Waals surface area contributed by atoms with E-state index in [1.54, 1.807) is 31.2 Å². The lowest BCUT2D eigenvalue weighted by Gasteiger charge is -2.35. The lowest BCUT2D eigenvalue weighted by Crippen LogP contribution is -2.55. The molecule has 2 aliphatic heterocycles. The van der Waals surface area contributed by atoms with Crippen molar-refractivity contribution >= 4 is 29.4 Å². The first kappa shape index (κ1) is 17.7. The largest absolute Gasteiger partial charge is 0.465 e. The molecule has 2 aliphatic rings. The van der Waals surface area contributed by atoms with E-state index in [-0.39, 0.29) is 6.61 Å². The number of morpholine rings is 1. The van der Waals surface area contributed by atoms with E-state index in [1.807, 2.05) is 4.90 Å². The number of hydrogen-bond donors (Lipinski definition) is 1. The fraction of sp³-hybridized carbons (Fsp3) is 0.471. The average molecular weight is 366 g/mol. The zero-order chi connectivity index (χ0) is 17.8. The number of halogens is 1. The van der Waals surface area contributed by atoms with Gasteiger partial charge in [-0.05, 0) is 24.6 Å². The first-order valence-electron chi connectivity index (χ1n) is 8.23. The van der Waals surface area contributed by atoms with Crippen LogP contribution in [0, 0.1) is 5.92 Å². The van der Waals surface area contributed by atoms with Crippen molar-refractivity contribution in [3.8, 4) is 0 Å². The number of amides is 1. The maximum atomic E-state index is 12.6. The van der Waals surface area contributed by atoms with Crippen LogP contribution >= 0.6 is 11.6 Å². The van der Waals surface area contributed by atoms with E-state index in [0.717, 1.165) is 5.56 Å². The van der Waals surface area contributed by atoms with Crippen LogP contribution in [-0.4, -0.2) is 55.6 Å². The van der Waals surface area contributed by atoms with Gasteiger partial charge in [0.05, 0.1) is 19.8 Å². The molecule has 1 fully saturated rings. The van der Waals surface area contributed by atoms with Crippen molar-refractivity contribution in [2.75, 3.05) is 32.9 Å². The van der Waals surface area contributed by atoms with Crippen molar-refractivity contribution in [2.24, 2.45) is 10.9 Å². The average Bonchev–Trinajstić information content (AvgIpc) is 2.62. The van der Waals surface area contributed by atoms with E-state index < -0.39 is 23.8 Å². The predicted octanol–water partition coefficient (Wildman–Crippen LogP) is 1.38. The number of rotatable bonds is 3. The standard InChI is InChI=1S/C17H20ClN3O4/c1-2-25-16(23)13-14(11-3-5-12(18)6-4-11)19-17(20-15(13)22)21-7-9-24-10-8-21/h3-6,13-14H,2,7-10H2,1H3,(H,19,20,22)/t13-,14-/m0/s1. The van der Waals surface area contributed by atoms with E-state index >= 15 is 0 Å². The van der Waals surface area contributed by atoms with Crippen LogP contribution in [0.4, 0.5) is 0 Å². The molecule has 0 aliphatic carbocycles. The Kier molecular flexibility index (Phi) is 5.55. The molecule has 1 amide bonds. The number of benzene rings is 1. The van der Waals surface area contributed by atoms with Gasteiger partial charge in [0.15, 0.2) is 5.92 Å². The molecule has 1 N–H and O–H groups in total. The maximum Gasteiger partial charge on any atom is 0.321 e. The third-order valence-electron chi connectivity index (χ3n) is 4.16. The number of guanidine groups is 1.